The summed E-state index contributed by atoms with van der Waals surface area (Å²) in [5.41, 5.74) is 0. The molecular formula is C6H9O4. The molecule has 0 aliphatic heterocycles. The molecule has 10 heavy (non-hydrogen) atoms. The van der Waals surface area contributed by atoms with E-state index in [4.69, 9.17) is 0 Å². The van der Waals surface area contributed by atoms with Crippen molar-refractivity contribution < 1.29 is 19.4 Å². The molecule has 0 spiro atoms. The van der Waals surface area contributed by atoms with Gasteiger partial charge in [0.25, 0.3) is 0 Å². The van der Waals surface area contributed by atoms with Crippen LogP contribution < -0.4 is 0 Å². The summed E-state index contributed by atoms with van der Waals surface area (Å²) < 4.78 is 0. The fraction of sp³-hybridized carbons (Fsp3) is 0.667. The lowest BCUT2D eigenvalue weighted by molar-refractivity contribution is -0.265. The van der Waals surface area contributed by atoms with Crippen LogP contribution in [0.25, 0.3) is 0 Å². The first kappa shape index (κ1) is 9.10. The largest absolute Gasteiger partial charge is 0.417 e. The zero-order valence-electron chi connectivity index (χ0n) is 5.75. The summed E-state index contributed by atoms with van der Waals surface area (Å²) in [6.07, 6.45) is 2.75. The molecule has 57 valence electrons. The van der Waals surface area contributed by atoms with Crippen molar-refractivity contribution in [2.75, 3.05) is 6.61 Å². The normalized spacial score (nSPS) is 8.90. The zero-order chi connectivity index (χ0) is 7.82. The maximum atomic E-state index is 10.0. The van der Waals surface area contributed by atoms with E-state index >= 15 is 0 Å². The van der Waals surface area contributed by atoms with Gasteiger partial charge in [0.1, 0.15) is 0 Å². The van der Waals surface area contributed by atoms with E-state index in [0.717, 1.165) is 19.1 Å². The quantitative estimate of drug-likeness (QED) is 0.243. The van der Waals surface area contributed by atoms with E-state index in [2.05, 4.69) is 9.78 Å². The molecule has 0 aliphatic rings. The average molecular weight is 145 g/mol. The number of hydrogen-bond donors (Lipinski definition) is 0. The standard InChI is InChI=1S/C6H9O4/c1-2-3-4-9-10-6(8)5-7/h2-4H2,1H3. The van der Waals surface area contributed by atoms with Gasteiger partial charge in [-0.3, -0.25) is 9.68 Å². The number of carbonyl (C=O) groups excluding carboxylic acids is 2. The lowest BCUT2D eigenvalue weighted by Crippen LogP contribution is -2.06. The Kier molecular flexibility index (Phi) is 5.66. The first-order valence-corrected chi connectivity index (χ1v) is 3.02. The summed E-state index contributed by atoms with van der Waals surface area (Å²) in [5, 5.41) is 0. The third kappa shape index (κ3) is 5.24. The smallest absolute Gasteiger partial charge is 0.289 e. The molecule has 0 heterocycles. The van der Waals surface area contributed by atoms with Crippen LogP contribution in [0, 0.1) is 0 Å². The number of rotatable bonds is 5. The molecule has 0 saturated heterocycles. The van der Waals surface area contributed by atoms with Crippen LogP contribution in [-0.4, -0.2) is 18.9 Å². The molecule has 0 bridgehead atoms. The molecule has 4 nitrogen and oxygen atoms in total. The van der Waals surface area contributed by atoms with Crippen molar-refractivity contribution in [3.63, 3.8) is 0 Å². The summed E-state index contributed by atoms with van der Waals surface area (Å²) in [6.45, 7) is 2.29. The third-order valence-electron chi connectivity index (χ3n) is 0.799. The lowest BCUT2D eigenvalue weighted by Gasteiger charge is -1.96. The topological polar surface area (TPSA) is 52.6 Å². The van der Waals surface area contributed by atoms with Gasteiger partial charge in [-0.25, -0.2) is 4.79 Å². The van der Waals surface area contributed by atoms with Crippen molar-refractivity contribution in [3.8, 4) is 0 Å². The predicted octanol–water partition coefficient (Wildman–Crippen LogP) is 0.371. The third-order valence-corrected chi connectivity index (χ3v) is 0.799. The number of hydrogen-bond acceptors (Lipinski definition) is 4. The fourth-order valence-corrected chi connectivity index (χ4v) is 0.315. The highest BCUT2D eigenvalue weighted by Crippen LogP contribution is 1.87. The first-order valence-electron chi connectivity index (χ1n) is 3.02. The molecule has 1 radical (unpaired) electrons. The predicted molar refractivity (Wildman–Crippen MR) is 32.6 cm³/mol. The van der Waals surface area contributed by atoms with E-state index in [1.807, 2.05) is 6.92 Å². The monoisotopic (exact) mass is 145 g/mol. The van der Waals surface area contributed by atoms with Crippen LogP contribution in [0.5, 0.6) is 0 Å². The number of carbonyl (C=O) groups is 1. The second-order valence-electron chi connectivity index (χ2n) is 1.65. The highest BCUT2D eigenvalue weighted by molar-refractivity contribution is 6.20. The molecule has 0 saturated carbocycles. The molecule has 0 aromatic carbocycles. The molecule has 0 aromatic heterocycles. The van der Waals surface area contributed by atoms with Gasteiger partial charge in [-0.05, 0) is 6.42 Å². The molecule has 0 amide bonds. The minimum absolute atomic E-state index is 0.323. The van der Waals surface area contributed by atoms with Crippen LogP contribution in [-0.2, 0) is 19.4 Å². The molecule has 4 heteroatoms. The Morgan fingerprint density at radius 3 is 2.80 bits per heavy atom. The van der Waals surface area contributed by atoms with E-state index in [-0.39, 0.29) is 0 Å². The number of unbranched alkanes of at least 4 members (excludes halogenated alkanes) is 1. The van der Waals surface area contributed by atoms with E-state index < -0.39 is 5.97 Å². The van der Waals surface area contributed by atoms with Gasteiger partial charge in [0.05, 0.1) is 6.61 Å². The van der Waals surface area contributed by atoms with Gasteiger partial charge >= 0.3 is 12.3 Å². The molecule has 0 aromatic rings. The summed E-state index contributed by atoms with van der Waals surface area (Å²) in [5.74, 6) is -1.11. The first-order chi connectivity index (χ1) is 4.81. The Morgan fingerprint density at radius 1 is 1.60 bits per heavy atom. The highest BCUT2D eigenvalue weighted by atomic mass is 17.2. The van der Waals surface area contributed by atoms with E-state index in [9.17, 15) is 9.59 Å². The minimum atomic E-state index is -1.11. The van der Waals surface area contributed by atoms with Crippen LogP contribution in [0.2, 0.25) is 0 Å². The SMILES string of the molecule is CCCCOOC(=O)[C]=O. The van der Waals surface area contributed by atoms with Crippen LogP contribution >= 0.6 is 0 Å². The van der Waals surface area contributed by atoms with E-state index in [0.29, 0.717) is 6.61 Å². The van der Waals surface area contributed by atoms with E-state index in [1.165, 1.54) is 0 Å². The van der Waals surface area contributed by atoms with Gasteiger partial charge in [-0.2, -0.15) is 4.89 Å². The van der Waals surface area contributed by atoms with Crippen LogP contribution in [0.1, 0.15) is 19.8 Å². The molecule has 0 atom stereocenters. The van der Waals surface area contributed by atoms with Crippen LogP contribution in [0.15, 0.2) is 0 Å². The maximum Gasteiger partial charge on any atom is 0.417 e. The molecule has 0 fully saturated rings. The van der Waals surface area contributed by atoms with Gasteiger partial charge < -0.3 is 0 Å². The molecule has 0 aliphatic carbocycles. The summed E-state index contributed by atoms with van der Waals surface area (Å²) >= 11 is 0. The second kappa shape index (κ2) is 6.22. The van der Waals surface area contributed by atoms with Crippen molar-refractivity contribution >= 4 is 12.3 Å². The summed E-state index contributed by atoms with van der Waals surface area (Å²) in [4.78, 5) is 27.7. The molecular weight excluding hydrogens is 136 g/mol. The zero-order valence-corrected chi connectivity index (χ0v) is 5.75. The van der Waals surface area contributed by atoms with Crippen molar-refractivity contribution in [1.82, 2.24) is 0 Å². The maximum absolute atomic E-state index is 10.0. The van der Waals surface area contributed by atoms with E-state index in [1.54, 1.807) is 0 Å². The van der Waals surface area contributed by atoms with Crippen LogP contribution in [0.3, 0.4) is 0 Å². The van der Waals surface area contributed by atoms with Crippen LogP contribution in [0.4, 0.5) is 0 Å². The summed E-state index contributed by atoms with van der Waals surface area (Å²) in [7, 11) is 0. The Balaban J connectivity index is 3.03. The Hall–Kier alpha value is -0.900. The molecule has 0 unspecified atom stereocenters. The highest BCUT2D eigenvalue weighted by Gasteiger charge is 1.99. The summed E-state index contributed by atoms with van der Waals surface area (Å²) in [6, 6.07) is 0. The van der Waals surface area contributed by atoms with Gasteiger partial charge in [-0.1, -0.05) is 13.3 Å². The van der Waals surface area contributed by atoms with Gasteiger partial charge in [0.2, 0.25) is 0 Å². The average Bonchev–Trinajstić information content (AvgIpc) is 1.98. The minimum Gasteiger partial charge on any atom is -0.289 e. The molecule has 0 rings (SSSR count). The van der Waals surface area contributed by atoms with Crippen molar-refractivity contribution in [3.05, 3.63) is 0 Å². The second-order valence-corrected chi connectivity index (χ2v) is 1.65. The van der Waals surface area contributed by atoms with Crippen molar-refractivity contribution in [2.45, 2.75) is 19.8 Å². The van der Waals surface area contributed by atoms with Crippen molar-refractivity contribution in [2.24, 2.45) is 0 Å². The van der Waals surface area contributed by atoms with Gasteiger partial charge in [0, 0.05) is 0 Å². The Bertz CT molecular complexity index is 110. The molecule has 0 N–H and O–H groups in total. The Labute approximate surface area is 59.0 Å². The van der Waals surface area contributed by atoms with Gasteiger partial charge in [-0.15, -0.1) is 0 Å². The Morgan fingerprint density at radius 2 is 2.30 bits per heavy atom. The fourth-order valence-electron chi connectivity index (χ4n) is 0.315. The lowest BCUT2D eigenvalue weighted by atomic mass is 10.4. The van der Waals surface area contributed by atoms with Gasteiger partial charge in [0.15, 0.2) is 0 Å². The van der Waals surface area contributed by atoms with Crippen molar-refractivity contribution in [1.29, 1.82) is 0 Å².